The molecule has 1 aromatic rings. The Morgan fingerprint density at radius 2 is 2.05 bits per heavy atom. The number of ether oxygens (including phenoxy) is 2. The van der Waals surface area contributed by atoms with Crippen LogP contribution in [0.15, 0.2) is 24.3 Å². The molecule has 0 saturated carbocycles. The van der Waals surface area contributed by atoms with E-state index in [2.05, 4.69) is 10.2 Å². The van der Waals surface area contributed by atoms with Crippen LogP contribution in [0.1, 0.15) is 11.7 Å². The van der Waals surface area contributed by atoms with E-state index in [-0.39, 0.29) is 19.0 Å². The first-order chi connectivity index (χ1) is 10.7. The van der Waals surface area contributed by atoms with Crippen LogP contribution in [-0.4, -0.2) is 56.5 Å². The number of rotatable bonds is 6. The molecule has 0 bridgehead atoms. The summed E-state index contributed by atoms with van der Waals surface area (Å²) in [5.41, 5.74) is 1.85. The van der Waals surface area contributed by atoms with E-state index in [1.54, 1.807) is 0 Å². The van der Waals surface area contributed by atoms with Gasteiger partial charge in [-0.2, -0.15) is 0 Å². The zero-order valence-corrected chi connectivity index (χ0v) is 13.1. The fourth-order valence-electron chi connectivity index (χ4n) is 2.21. The number of aliphatic hydroxyl groups is 1. The van der Waals surface area contributed by atoms with Gasteiger partial charge in [0.2, 0.25) is 0 Å². The van der Waals surface area contributed by atoms with Crippen LogP contribution in [0.4, 0.5) is 10.5 Å². The Labute approximate surface area is 135 Å². The normalized spacial score (nSPS) is 16.2. The number of nitrogens with one attached hydrogen (secondary N) is 1. The number of hydrogen-bond donors (Lipinski definition) is 2. The SMILES string of the molecule is O=C(NCC(O)c1ccc(N2CCOCC2)cc1)OCCCl. The lowest BCUT2D eigenvalue weighted by Gasteiger charge is -2.29. The molecular formula is C15H21ClN2O4. The molecule has 1 atom stereocenters. The number of anilines is 1. The number of carbonyl (C=O) groups is 1. The molecule has 1 unspecified atom stereocenters. The summed E-state index contributed by atoms with van der Waals surface area (Å²) in [6.07, 6.45) is -1.35. The summed E-state index contributed by atoms with van der Waals surface area (Å²) >= 11 is 5.42. The van der Waals surface area contributed by atoms with E-state index in [0.717, 1.165) is 37.6 Å². The molecule has 1 heterocycles. The van der Waals surface area contributed by atoms with E-state index in [1.807, 2.05) is 24.3 Å². The highest BCUT2D eigenvalue weighted by Gasteiger charge is 2.13. The number of aliphatic hydroxyl groups excluding tert-OH is 1. The van der Waals surface area contributed by atoms with Gasteiger partial charge in [0.15, 0.2) is 0 Å². The minimum absolute atomic E-state index is 0.0953. The largest absolute Gasteiger partial charge is 0.448 e. The van der Waals surface area contributed by atoms with E-state index in [0.29, 0.717) is 0 Å². The van der Waals surface area contributed by atoms with Crippen molar-refractivity contribution in [3.05, 3.63) is 29.8 Å². The van der Waals surface area contributed by atoms with Crippen molar-refractivity contribution >= 4 is 23.4 Å². The second-order valence-electron chi connectivity index (χ2n) is 4.91. The molecule has 0 radical (unpaired) electrons. The van der Waals surface area contributed by atoms with Gasteiger partial charge in [0.1, 0.15) is 6.61 Å². The van der Waals surface area contributed by atoms with Crippen LogP contribution < -0.4 is 10.2 Å². The third-order valence-electron chi connectivity index (χ3n) is 3.40. The van der Waals surface area contributed by atoms with Crippen LogP contribution >= 0.6 is 11.6 Å². The third kappa shape index (κ3) is 5.05. The monoisotopic (exact) mass is 328 g/mol. The number of halogens is 1. The topological polar surface area (TPSA) is 71.0 Å². The summed E-state index contributed by atoms with van der Waals surface area (Å²) in [5.74, 6) is 0.249. The maximum Gasteiger partial charge on any atom is 0.407 e. The van der Waals surface area contributed by atoms with Gasteiger partial charge in [0.05, 0.1) is 31.7 Å². The van der Waals surface area contributed by atoms with Gasteiger partial charge >= 0.3 is 6.09 Å². The van der Waals surface area contributed by atoms with Crippen LogP contribution in [0.5, 0.6) is 0 Å². The lowest BCUT2D eigenvalue weighted by molar-refractivity contribution is 0.122. The minimum atomic E-state index is -0.776. The first-order valence-corrected chi connectivity index (χ1v) is 7.81. The van der Waals surface area contributed by atoms with Crippen LogP contribution in [0, 0.1) is 0 Å². The van der Waals surface area contributed by atoms with Gasteiger partial charge in [-0.15, -0.1) is 11.6 Å². The number of benzene rings is 1. The lowest BCUT2D eigenvalue weighted by Crippen LogP contribution is -2.36. The van der Waals surface area contributed by atoms with Gasteiger partial charge in [0.25, 0.3) is 0 Å². The first kappa shape index (κ1) is 16.9. The van der Waals surface area contributed by atoms with Gasteiger partial charge in [-0.1, -0.05) is 12.1 Å². The summed E-state index contributed by atoms with van der Waals surface area (Å²) in [4.78, 5) is 13.5. The van der Waals surface area contributed by atoms with Crippen molar-refractivity contribution in [2.45, 2.75) is 6.10 Å². The number of carbonyl (C=O) groups excluding carboxylic acids is 1. The molecule has 1 saturated heterocycles. The Morgan fingerprint density at radius 3 is 2.68 bits per heavy atom. The number of morpholine rings is 1. The molecule has 0 aliphatic carbocycles. The third-order valence-corrected chi connectivity index (χ3v) is 3.56. The molecule has 122 valence electrons. The molecule has 6 nitrogen and oxygen atoms in total. The Kier molecular flexibility index (Phi) is 6.76. The van der Waals surface area contributed by atoms with Crippen molar-refractivity contribution < 1.29 is 19.4 Å². The van der Waals surface area contributed by atoms with Gasteiger partial charge < -0.3 is 24.8 Å². The quantitative estimate of drug-likeness (QED) is 0.775. The summed E-state index contributed by atoms with van der Waals surface area (Å²) in [5, 5.41) is 12.6. The molecule has 1 aromatic carbocycles. The van der Waals surface area contributed by atoms with E-state index >= 15 is 0 Å². The van der Waals surface area contributed by atoms with Crippen LogP contribution in [0.3, 0.4) is 0 Å². The Morgan fingerprint density at radius 1 is 1.36 bits per heavy atom. The van der Waals surface area contributed by atoms with Crippen molar-refractivity contribution in [2.75, 3.05) is 50.2 Å². The average Bonchev–Trinajstić information content (AvgIpc) is 2.58. The smallest absolute Gasteiger partial charge is 0.407 e. The number of amides is 1. The summed E-state index contributed by atoms with van der Waals surface area (Å²) in [6, 6.07) is 7.66. The van der Waals surface area contributed by atoms with Gasteiger partial charge in [-0.3, -0.25) is 0 Å². The molecule has 2 N–H and O–H groups in total. The van der Waals surface area contributed by atoms with E-state index in [1.165, 1.54) is 0 Å². The van der Waals surface area contributed by atoms with Gasteiger partial charge in [-0.05, 0) is 17.7 Å². The second kappa shape index (κ2) is 8.82. The first-order valence-electron chi connectivity index (χ1n) is 7.28. The van der Waals surface area contributed by atoms with E-state index in [4.69, 9.17) is 21.1 Å². The molecule has 1 fully saturated rings. The average molecular weight is 329 g/mol. The van der Waals surface area contributed by atoms with E-state index < -0.39 is 12.2 Å². The zero-order chi connectivity index (χ0) is 15.8. The number of hydrogen-bond acceptors (Lipinski definition) is 5. The van der Waals surface area contributed by atoms with Crippen molar-refractivity contribution in [3.63, 3.8) is 0 Å². The number of nitrogens with zero attached hydrogens (tertiary/aromatic N) is 1. The zero-order valence-electron chi connectivity index (χ0n) is 12.3. The lowest BCUT2D eigenvalue weighted by atomic mass is 10.1. The molecule has 0 aromatic heterocycles. The van der Waals surface area contributed by atoms with Crippen LogP contribution in [0.25, 0.3) is 0 Å². The number of alkyl carbamates (subject to hydrolysis) is 1. The Balaban J connectivity index is 1.82. The van der Waals surface area contributed by atoms with Crippen molar-refractivity contribution in [1.82, 2.24) is 5.32 Å². The summed E-state index contributed by atoms with van der Waals surface area (Å²) in [7, 11) is 0. The Hall–Kier alpha value is -1.50. The highest BCUT2D eigenvalue weighted by molar-refractivity contribution is 6.18. The highest BCUT2D eigenvalue weighted by atomic mass is 35.5. The number of alkyl halides is 1. The molecule has 1 amide bonds. The Bertz CT molecular complexity index is 463. The molecule has 1 aliphatic heterocycles. The molecule has 22 heavy (non-hydrogen) atoms. The molecule has 1 aliphatic rings. The molecular weight excluding hydrogens is 308 g/mol. The van der Waals surface area contributed by atoms with Gasteiger partial charge in [0, 0.05) is 18.8 Å². The maximum atomic E-state index is 11.3. The molecule has 0 spiro atoms. The van der Waals surface area contributed by atoms with Crippen molar-refractivity contribution in [1.29, 1.82) is 0 Å². The summed E-state index contributed by atoms with van der Waals surface area (Å²) < 4.78 is 10.1. The molecule has 2 rings (SSSR count). The summed E-state index contributed by atoms with van der Waals surface area (Å²) in [6.45, 7) is 3.46. The molecule has 7 heteroatoms. The van der Waals surface area contributed by atoms with Crippen LogP contribution in [-0.2, 0) is 9.47 Å². The fourth-order valence-corrected chi connectivity index (χ4v) is 2.29. The fraction of sp³-hybridized carbons (Fsp3) is 0.533. The van der Waals surface area contributed by atoms with Crippen molar-refractivity contribution in [3.8, 4) is 0 Å². The minimum Gasteiger partial charge on any atom is -0.448 e. The van der Waals surface area contributed by atoms with Gasteiger partial charge in [-0.25, -0.2) is 4.79 Å². The maximum absolute atomic E-state index is 11.3. The highest BCUT2D eigenvalue weighted by Crippen LogP contribution is 2.20. The second-order valence-corrected chi connectivity index (χ2v) is 5.29. The van der Waals surface area contributed by atoms with Crippen LogP contribution in [0.2, 0.25) is 0 Å². The standard InChI is InChI=1S/C15H21ClN2O4/c16-5-8-22-15(20)17-11-14(19)12-1-3-13(4-2-12)18-6-9-21-10-7-18/h1-4,14,19H,5-11H2,(H,17,20). The predicted octanol–water partition coefficient (Wildman–Crippen LogP) is 1.52. The van der Waals surface area contributed by atoms with Crippen molar-refractivity contribution in [2.24, 2.45) is 0 Å². The van der Waals surface area contributed by atoms with E-state index in [9.17, 15) is 9.90 Å². The predicted molar refractivity (Wildman–Crippen MR) is 84.5 cm³/mol.